The van der Waals surface area contributed by atoms with Crippen molar-refractivity contribution in [1.82, 2.24) is 4.98 Å². The van der Waals surface area contributed by atoms with E-state index in [1.54, 1.807) is 6.20 Å². The van der Waals surface area contributed by atoms with Gasteiger partial charge in [0.2, 0.25) is 0 Å². The molecule has 3 nitrogen and oxygen atoms in total. The maximum Gasteiger partial charge on any atom is 0.142 e. The minimum absolute atomic E-state index is 0.0415. The van der Waals surface area contributed by atoms with Gasteiger partial charge in [-0.15, -0.1) is 0 Å². The predicted molar refractivity (Wildman–Crippen MR) is 73.1 cm³/mol. The zero-order chi connectivity index (χ0) is 13.1. The van der Waals surface area contributed by atoms with Gasteiger partial charge < -0.3 is 4.74 Å². The lowest BCUT2D eigenvalue weighted by atomic mass is 9.95. The highest BCUT2D eigenvalue weighted by atomic mass is 16.5. The third kappa shape index (κ3) is 2.86. The Balaban J connectivity index is 1.56. The van der Waals surface area contributed by atoms with E-state index in [1.807, 2.05) is 6.07 Å². The molecule has 1 aromatic heterocycles. The zero-order valence-electron chi connectivity index (χ0n) is 11.3. The molecule has 1 aliphatic carbocycles. The topological polar surface area (TPSA) is 39.2 Å². The van der Waals surface area contributed by atoms with Crippen molar-refractivity contribution >= 4 is 5.78 Å². The number of ether oxygens (including phenoxy) is 1. The molecule has 1 fully saturated rings. The van der Waals surface area contributed by atoms with Crippen LogP contribution in [0.25, 0.3) is 0 Å². The highest BCUT2D eigenvalue weighted by Gasteiger charge is 2.29. The Morgan fingerprint density at radius 3 is 3.16 bits per heavy atom. The minimum atomic E-state index is 0.0415. The van der Waals surface area contributed by atoms with Gasteiger partial charge in [-0.2, -0.15) is 0 Å². The van der Waals surface area contributed by atoms with Crippen LogP contribution in [0, 0.1) is 0 Å². The van der Waals surface area contributed by atoms with E-state index < -0.39 is 0 Å². The standard InChI is InChI=1S/C16H21NO2/c18-15(9-7-13-5-1-2-11-19-13)14-8-6-12-4-3-10-17-16(12)14/h3-4,10,13-14H,1-2,5-9,11H2. The molecule has 0 saturated carbocycles. The third-order valence-corrected chi connectivity index (χ3v) is 4.33. The first-order valence-electron chi connectivity index (χ1n) is 7.42. The van der Waals surface area contributed by atoms with Crippen molar-refractivity contribution < 1.29 is 9.53 Å². The Morgan fingerprint density at radius 1 is 1.37 bits per heavy atom. The second-order valence-electron chi connectivity index (χ2n) is 5.63. The number of nitrogens with zero attached hydrogens (tertiary/aromatic N) is 1. The van der Waals surface area contributed by atoms with Crippen molar-refractivity contribution in [2.45, 2.75) is 57.0 Å². The number of Topliss-reactive ketones (excluding diaryl/α,β-unsaturated/α-hetero) is 1. The maximum absolute atomic E-state index is 12.4. The summed E-state index contributed by atoms with van der Waals surface area (Å²) < 4.78 is 5.69. The van der Waals surface area contributed by atoms with Crippen LogP contribution in [0.2, 0.25) is 0 Å². The van der Waals surface area contributed by atoms with E-state index in [0.717, 1.165) is 38.0 Å². The molecule has 3 rings (SSSR count). The van der Waals surface area contributed by atoms with Crippen LogP contribution in [0.3, 0.4) is 0 Å². The summed E-state index contributed by atoms with van der Waals surface area (Å²) in [5.41, 5.74) is 2.28. The molecule has 2 unspecified atom stereocenters. The Kier molecular flexibility index (Phi) is 3.92. The van der Waals surface area contributed by atoms with Gasteiger partial charge in [-0.1, -0.05) is 6.07 Å². The molecule has 0 radical (unpaired) electrons. The summed E-state index contributed by atoms with van der Waals surface area (Å²) in [6.45, 7) is 0.868. The molecule has 0 spiro atoms. The number of pyridine rings is 1. The Labute approximate surface area is 114 Å². The van der Waals surface area contributed by atoms with E-state index in [9.17, 15) is 4.79 Å². The molecule has 0 bridgehead atoms. The normalized spacial score (nSPS) is 26.1. The van der Waals surface area contributed by atoms with Crippen LogP contribution in [0.1, 0.15) is 55.7 Å². The van der Waals surface area contributed by atoms with Gasteiger partial charge in [0.1, 0.15) is 5.78 Å². The van der Waals surface area contributed by atoms with Crippen LogP contribution in [-0.4, -0.2) is 23.5 Å². The number of carbonyl (C=O) groups is 1. The highest BCUT2D eigenvalue weighted by molar-refractivity contribution is 5.86. The van der Waals surface area contributed by atoms with Gasteiger partial charge in [-0.05, 0) is 50.2 Å². The fraction of sp³-hybridized carbons (Fsp3) is 0.625. The molecule has 1 saturated heterocycles. The molecule has 2 heterocycles. The van der Waals surface area contributed by atoms with Gasteiger partial charge in [0.05, 0.1) is 17.7 Å². The number of carbonyl (C=O) groups excluding carboxylic acids is 1. The molecule has 2 aliphatic rings. The van der Waals surface area contributed by atoms with Crippen LogP contribution >= 0.6 is 0 Å². The van der Waals surface area contributed by atoms with Gasteiger partial charge >= 0.3 is 0 Å². The summed E-state index contributed by atoms with van der Waals surface area (Å²) in [6, 6.07) is 4.06. The second kappa shape index (κ2) is 5.83. The predicted octanol–water partition coefficient (Wildman–Crippen LogP) is 3.03. The fourth-order valence-corrected chi connectivity index (χ4v) is 3.24. The van der Waals surface area contributed by atoms with Gasteiger partial charge in [0.15, 0.2) is 0 Å². The van der Waals surface area contributed by atoms with Crippen molar-refractivity contribution in [3.63, 3.8) is 0 Å². The molecule has 1 aliphatic heterocycles. The average Bonchev–Trinajstić information content (AvgIpc) is 2.90. The number of rotatable bonds is 4. The van der Waals surface area contributed by atoms with Crippen molar-refractivity contribution in [1.29, 1.82) is 0 Å². The van der Waals surface area contributed by atoms with E-state index in [2.05, 4.69) is 11.1 Å². The molecule has 0 aromatic carbocycles. The first kappa shape index (κ1) is 12.8. The molecule has 19 heavy (non-hydrogen) atoms. The third-order valence-electron chi connectivity index (χ3n) is 4.33. The van der Waals surface area contributed by atoms with E-state index >= 15 is 0 Å². The molecule has 0 amide bonds. The first-order chi connectivity index (χ1) is 9.34. The van der Waals surface area contributed by atoms with E-state index in [4.69, 9.17) is 4.74 Å². The molecular weight excluding hydrogens is 238 g/mol. The van der Waals surface area contributed by atoms with Crippen LogP contribution in [-0.2, 0) is 16.0 Å². The lowest BCUT2D eigenvalue weighted by molar-refractivity contribution is -0.121. The number of ketones is 1. The molecular formula is C16H21NO2. The molecule has 1 aromatic rings. The van der Waals surface area contributed by atoms with Crippen molar-refractivity contribution in [3.05, 3.63) is 29.6 Å². The summed E-state index contributed by atoms with van der Waals surface area (Å²) in [5.74, 6) is 0.395. The Hall–Kier alpha value is -1.22. The van der Waals surface area contributed by atoms with Gasteiger partial charge in [0.25, 0.3) is 0 Å². The number of hydrogen-bond acceptors (Lipinski definition) is 3. The van der Waals surface area contributed by atoms with Crippen LogP contribution < -0.4 is 0 Å². The minimum Gasteiger partial charge on any atom is -0.378 e. The first-order valence-corrected chi connectivity index (χ1v) is 7.42. The average molecular weight is 259 g/mol. The van der Waals surface area contributed by atoms with Crippen molar-refractivity contribution in [3.8, 4) is 0 Å². The summed E-state index contributed by atoms with van der Waals surface area (Å²) in [7, 11) is 0. The lowest BCUT2D eigenvalue weighted by Crippen LogP contribution is -2.21. The Bertz CT molecular complexity index is 452. The molecule has 102 valence electrons. The van der Waals surface area contributed by atoms with Crippen molar-refractivity contribution in [2.75, 3.05) is 6.61 Å². The van der Waals surface area contributed by atoms with Crippen LogP contribution in [0.15, 0.2) is 18.3 Å². The van der Waals surface area contributed by atoms with Crippen molar-refractivity contribution in [2.24, 2.45) is 0 Å². The fourth-order valence-electron chi connectivity index (χ4n) is 3.24. The summed E-state index contributed by atoms with van der Waals surface area (Å²) in [4.78, 5) is 16.8. The van der Waals surface area contributed by atoms with E-state index in [0.29, 0.717) is 18.3 Å². The lowest BCUT2D eigenvalue weighted by Gasteiger charge is -2.22. The summed E-state index contributed by atoms with van der Waals surface area (Å²) in [5, 5.41) is 0. The maximum atomic E-state index is 12.4. The van der Waals surface area contributed by atoms with E-state index in [1.165, 1.54) is 18.4 Å². The highest BCUT2D eigenvalue weighted by Crippen LogP contribution is 2.33. The Morgan fingerprint density at radius 2 is 2.32 bits per heavy atom. The smallest absolute Gasteiger partial charge is 0.142 e. The SMILES string of the molecule is O=C(CCC1CCCCO1)C1CCc2cccnc21. The quantitative estimate of drug-likeness (QED) is 0.834. The summed E-state index contributed by atoms with van der Waals surface area (Å²) in [6.07, 6.45) is 9.11. The number of hydrogen-bond donors (Lipinski definition) is 0. The van der Waals surface area contributed by atoms with Gasteiger partial charge in [0, 0.05) is 19.2 Å². The van der Waals surface area contributed by atoms with Gasteiger partial charge in [-0.3, -0.25) is 9.78 Å². The van der Waals surface area contributed by atoms with Crippen LogP contribution in [0.4, 0.5) is 0 Å². The van der Waals surface area contributed by atoms with E-state index in [-0.39, 0.29) is 5.92 Å². The molecule has 2 atom stereocenters. The zero-order valence-corrected chi connectivity index (χ0v) is 11.3. The second-order valence-corrected chi connectivity index (χ2v) is 5.63. The van der Waals surface area contributed by atoms with Crippen LogP contribution in [0.5, 0.6) is 0 Å². The summed E-state index contributed by atoms with van der Waals surface area (Å²) >= 11 is 0. The largest absolute Gasteiger partial charge is 0.378 e. The van der Waals surface area contributed by atoms with Gasteiger partial charge in [-0.25, -0.2) is 0 Å². The monoisotopic (exact) mass is 259 g/mol. The number of aromatic nitrogens is 1. The number of fused-ring (bicyclic) bond motifs is 1. The molecule has 0 N–H and O–H groups in total. The number of aryl methyl sites for hydroxylation is 1. The molecule has 3 heteroatoms.